The van der Waals surface area contributed by atoms with E-state index in [4.69, 9.17) is 13.7 Å². The van der Waals surface area contributed by atoms with E-state index >= 15 is 0 Å². The van der Waals surface area contributed by atoms with Crippen LogP contribution in [0.1, 0.15) is 83.1 Å². The Morgan fingerprint density at radius 1 is 0.939 bits per heavy atom. The molecule has 2 N–H and O–H groups in total. The Morgan fingerprint density at radius 2 is 1.52 bits per heavy atom. The normalized spacial score (nSPS) is 23.6. The molecule has 0 spiro atoms. The van der Waals surface area contributed by atoms with Crippen LogP contribution in [-0.2, 0) is 23.8 Å². The topological polar surface area (TPSA) is 102 Å². The molecule has 0 aromatic heterocycles. The van der Waals surface area contributed by atoms with Crippen LogP contribution in [0.4, 0.5) is 0 Å². The van der Waals surface area contributed by atoms with E-state index in [0.717, 1.165) is 18.4 Å². The van der Waals surface area contributed by atoms with Crippen LogP contribution in [-0.4, -0.2) is 56.4 Å². The highest BCUT2D eigenvalue weighted by molar-refractivity contribution is 7.86. The lowest BCUT2D eigenvalue weighted by Crippen LogP contribution is -2.51. The van der Waals surface area contributed by atoms with E-state index in [2.05, 4.69) is 6.92 Å². The van der Waals surface area contributed by atoms with Crippen LogP contribution < -0.4 is 0 Å². The molecule has 0 unspecified atom stereocenters. The van der Waals surface area contributed by atoms with Gasteiger partial charge in [0.1, 0.15) is 12.2 Å². The quantitative estimate of drug-likeness (QED) is 0.262. The van der Waals surface area contributed by atoms with Crippen molar-refractivity contribution in [3.8, 4) is 0 Å². The van der Waals surface area contributed by atoms with E-state index in [0.29, 0.717) is 6.61 Å². The van der Waals surface area contributed by atoms with Crippen molar-refractivity contribution in [3.05, 3.63) is 29.8 Å². The fraction of sp³-hybridized carbons (Fsp3) is 0.760. The van der Waals surface area contributed by atoms with E-state index in [9.17, 15) is 18.6 Å². The summed E-state index contributed by atoms with van der Waals surface area (Å²) in [5.41, 5.74) is 0.936. The van der Waals surface area contributed by atoms with Gasteiger partial charge >= 0.3 is 0 Å². The minimum atomic E-state index is -3.99. The molecule has 1 aliphatic rings. The summed E-state index contributed by atoms with van der Waals surface area (Å²) in [7, 11) is -3.99. The Kier molecular flexibility index (Phi) is 12.9. The molecule has 2 rings (SSSR count). The number of aliphatic hydroxyl groups excluding tert-OH is 2. The predicted octanol–water partition coefficient (Wildman–Crippen LogP) is 4.47. The van der Waals surface area contributed by atoms with Gasteiger partial charge in [-0.25, -0.2) is 0 Å². The molecule has 0 saturated carbocycles. The van der Waals surface area contributed by atoms with E-state index in [1.165, 1.54) is 63.5 Å². The van der Waals surface area contributed by atoms with Gasteiger partial charge in [-0.05, 0) is 25.5 Å². The Labute approximate surface area is 199 Å². The van der Waals surface area contributed by atoms with Gasteiger partial charge in [-0.15, -0.1) is 0 Å². The minimum Gasteiger partial charge on any atom is -0.390 e. The van der Waals surface area contributed by atoms with Gasteiger partial charge < -0.3 is 19.7 Å². The van der Waals surface area contributed by atoms with Crippen molar-refractivity contribution in [1.82, 2.24) is 0 Å². The highest BCUT2D eigenvalue weighted by atomic mass is 32.2. The Hall–Kier alpha value is -1.03. The number of unbranched alkanes of at least 4 members (excludes halogenated alkanes) is 9. The first kappa shape index (κ1) is 28.2. The zero-order valence-corrected chi connectivity index (χ0v) is 21.0. The smallest absolute Gasteiger partial charge is 0.297 e. The molecule has 4 atom stereocenters. The lowest BCUT2D eigenvalue weighted by atomic mass is 10.0. The Bertz CT molecular complexity index is 751. The van der Waals surface area contributed by atoms with Gasteiger partial charge in [-0.1, -0.05) is 82.4 Å². The molecule has 1 aliphatic heterocycles. The molecule has 190 valence electrons. The van der Waals surface area contributed by atoms with Crippen molar-refractivity contribution < 1.29 is 32.3 Å². The third kappa shape index (κ3) is 10.4. The molecule has 0 radical (unpaired) electrons. The summed E-state index contributed by atoms with van der Waals surface area (Å²) in [6.07, 6.45) is 8.44. The summed E-state index contributed by atoms with van der Waals surface area (Å²) in [5.74, 6) is 0. The zero-order chi connectivity index (χ0) is 24.1. The lowest BCUT2D eigenvalue weighted by molar-refractivity contribution is -0.255. The molecule has 1 heterocycles. The second-order valence-electron chi connectivity index (χ2n) is 9.00. The summed E-state index contributed by atoms with van der Waals surface area (Å²) in [6.45, 7) is 4.20. The Morgan fingerprint density at radius 3 is 2.12 bits per heavy atom. The van der Waals surface area contributed by atoms with Crippen molar-refractivity contribution >= 4 is 10.1 Å². The number of aliphatic hydroxyl groups is 2. The minimum absolute atomic E-state index is 0.0349. The second kappa shape index (κ2) is 15.1. The van der Waals surface area contributed by atoms with Crippen LogP contribution in [0.5, 0.6) is 0 Å². The molecule has 7 nitrogen and oxygen atoms in total. The van der Waals surface area contributed by atoms with Gasteiger partial charge in [0.25, 0.3) is 10.1 Å². The lowest BCUT2D eigenvalue weighted by Gasteiger charge is -2.36. The second-order valence-corrected chi connectivity index (χ2v) is 10.6. The molecule has 1 aromatic carbocycles. The number of aryl methyl sites for hydroxylation is 1. The van der Waals surface area contributed by atoms with Crippen LogP contribution >= 0.6 is 0 Å². The molecule has 0 bridgehead atoms. The largest absolute Gasteiger partial charge is 0.390 e. The number of benzene rings is 1. The summed E-state index contributed by atoms with van der Waals surface area (Å²) in [6, 6.07) is 6.30. The summed E-state index contributed by atoms with van der Waals surface area (Å²) < 4.78 is 41.3. The third-order valence-electron chi connectivity index (χ3n) is 6.03. The maximum atomic E-state index is 12.4. The van der Waals surface area contributed by atoms with Crippen LogP contribution in [0, 0.1) is 6.92 Å². The van der Waals surface area contributed by atoms with Crippen LogP contribution in [0.3, 0.4) is 0 Å². The summed E-state index contributed by atoms with van der Waals surface area (Å²) in [5, 5.41) is 20.4. The SMILES string of the molecule is CCCCCCCCCCCCO[C@@H]1C[C@@H](O)[C@H](O)[C@@H](COS(=O)(=O)c2ccc(C)cc2)O1. The van der Waals surface area contributed by atoms with Gasteiger partial charge in [-0.3, -0.25) is 4.18 Å². The molecule has 0 amide bonds. The first-order chi connectivity index (χ1) is 15.8. The van der Waals surface area contributed by atoms with Gasteiger partial charge in [0.05, 0.1) is 17.6 Å². The predicted molar refractivity (Wildman–Crippen MR) is 127 cm³/mol. The van der Waals surface area contributed by atoms with Gasteiger partial charge in [0, 0.05) is 13.0 Å². The van der Waals surface area contributed by atoms with Gasteiger partial charge in [-0.2, -0.15) is 8.42 Å². The molecule has 8 heteroatoms. The van der Waals surface area contributed by atoms with E-state index in [1.807, 2.05) is 6.92 Å². The monoisotopic (exact) mass is 486 g/mol. The third-order valence-corrected chi connectivity index (χ3v) is 7.33. The maximum absolute atomic E-state index is 12.4. The van der Waals surface area contributed by atoms with Crippen molar-refractivity contribution in [2.45, 2.75) is 114 Å². The van der Waals surface area contributed by atoms with Crippen molar-refractivity contribution in [2.24, 2.45) is 0 Å². The average Bonchev–Trinajstić information content (AvgIpc) is 2.79. The average molecular weight is 487 g/mol. The Balaban J connectivity index is 1.66. The molecule has 1 fully saturated rings. The zero-order valence-electron chi connectivity index (χ0n) is 20.2. The molecular weight excluding hydrogens is 444 g/mol. The summed E-state index contributed by atoms with van der Waals surface area (Å²) in [4.78, 5) is 0.0349. The standard InChI is InChI=1S/C25H42O7S/c1-3-4-5-6-7-8-9-10-11-12-17-30-24-18-22(26)25(27)23(32-24)19-31-33(28,29)21-15-13-20(2)14-16-21/h13-16,22-27H,3-12,17-19H2,1-2H3/t22-,23-,24+,25+/m1/s1. The number of hydrogen-bond acceptors (Lipinski definition) is 7. The van der Waals surface area contributed by atoms with Crippen molar-refractivity contribution in [1.29, 1.82) is 0 Å². The van der Waals surface area contributed by atoms with E-state index in [-0.39, 0.29) is 11.3 Å². The summed E-state index contributed by atoms with van der Waals surface area (Å²) >= 11 is 0. The van der Waals surface area contributed by atoms with Crippen molar-refractivity contribution in [3.63, 3.8) is 0 Å². The molecule has 1 saturated heterocycles. The number of hydrogen-bond donors (Lipinski definition) is 2. The highest BCUT2D eigenvalue weighted by Crippen LogP contribution is 2.23. The van der Waals surface area contributed by atoms with Crippen LogP contribution in [0.25, 0.3) is 0 Å². The van der Waals surface area contributed by atoms with Gasteiger partial charge in [0.15, 0.2) is 6.29 Å². The van der Waals surface area contributed by atoms with E-state index < -0.39 is 41.3 Å². The number of ether oxygens (including phenoxy) is 2. The molecular formula is C25H42O7S. The molecule has 0 aliphatic carbocycles. The first-order valence-electron chi connectivity index (χ1n) is 12.4. The maximum Gasteiger partial charge on any atom is 0.297 e. The van der Waals surface area contributed by atoms with Crippen LogP contribution in [0.15, 0.2) is 29.2 Å². The fourth-order valence-corrected chi connectivity index (χ4v) is 4.81. The van der Waals surface area contributed by atoms with Crippen molar-refractivity contribution in [2.75, 3.05) is 13.2 Å². The van der Waals surface area contributed by atoms with Gasteiger partial charge in [0.2, 0.25) is 0 Å². The van der Waals surface area contributed by atoms with Crippen LogP contribution in [0.2, 0.25) is 0 Å². The van der Waals surface area contributed by atoms with E-state index in [1.54, 1.807) is 12.1 Å². The number of rotatable bonds is 16. The molecule has 33 heavy (non-hydrogen) atoms. The fourth-order valence-electron chi connectivity index (χ4n) is 3.89. The first-order valence-corrected chi connectivity index (χ1v) is 13.8. The highest BCUT2D eigenvalue weighted by Gasteiger charge is 2.38. The molecule has 1 aromatic rings.